The Hall–Kier alpha value is -1.59. The van der Waals surface area contributed by atoms with Crippen molar-refractivity contribution in [3.05, 3.63) is 24.3 Å². The minimum absolute atomic E-state index is 0.0700. The van der Waals surface area contributed by atoms with Gasteiger partial charge in [0.2, 0.25) is 5.91 Å². The second-order valence-electron chi connectivity index (χ2n) is 5.07. The molecule has 1 rings (SSSR count). The minimum Gasteiger partial charge on any atom is -0.497 e. The van der Waals surface area contributed by atoms with Crippen LogP contribution in [-0.4, -0.2) is 37.8 Å². The number of aliphatic hydroxyl groups is 1. The standard InChI is InChI=1S/C16H26N2O3/c1-3-4-13(9-10-19)11-17-12-16(20)18-14-5-7-15(21-2)8-6-14/h5-8,13,17,19H,3-4,9-12H2,1-2H3,(H,18,20). The van der Waals surface area contributed by atoms with Crippen LogP contribution in [0.2, 0.25) is 0 Å². The van der Waals surface area contributed by atoms with Crippen LogP contribution in [-0.2, 0) is 4.79 Å². The molecule has 0 heterocycles. The van der Waals surface area contributed by atoms with Gasteiger partial charge in [0.05, 0.1) is 13.7 Å². The summed E-state index contributed by atoms with van der Waals surface area (Å²) in [5, 5.41) is 15.0. The zero-order valence-electron chi connectivity index (χ0n) is 12.9. The molecule has 3 N–H and O–H groups in total. The first-order chi connectivity index (χ1) is 10.2. The fourth-order valence-electron chi connectivity index (χ4n) is 2.21. The number of carbonyl (C=O) groups excluding carboxylic acids is 1. The highest BCUT2D eigenvalue weighted by Gasteiger charge is 2.08. The zero-order valence-corrected chi connectivity index (χ0v) is 12.9. The molecule has 118 valence electrons. The molecule has 0 spiro atoms. The number of hydrogen-bond donors (Lipinski definition) is 3. The van der Waals surface area contributed by atoms with Crippen molar-refractivity contribution in [1.29, 1.82) is 0 Å². The van der Waals surface area contributed by atoms with Crippen LogP contribution in [0.25, 0.3) is 0 Å². The normalized spacial score (nSPS) is 12.0. The number of ether oxygens (including phenoxy) is 1. The number of anilines is 1. The van der Waals surface area contributed by atoms with Crippen molar-refractivity contribution in [3.63, 3.8) is 0 Å². The first-order valence-corrected chi connectivity index (χ1v) is 7.45. The van der Waals surface area contributed by atoms with Crippen molar-refractivity contribution in [3.8, 4) is 5.75 Å². The number of aliphatic hydroxyl groups excluding tert-OH is 1. The lowest BCUT2D eigenvalue weighted by Crippen LogP contribution is -2.32. The Balaban J connectivity index is 2.29. The lowest BCUT2D eigenvalue weighted by Gasteiger charge is -2.15. The van der Waals surface area contributed by atoms with E-state index in [9.17, 15) is 4.79 Å². The van der Waals surface area contributed by atoms with Crippen LogP contribution < -0.4 is 15.4 Å². The highest BCUT2D eigenvalue weighted by Crippen LogP contribution is 2.14. The van der Waals surface area contributed by atoms with Crippen LogP contribution in [0.3, 0.4) is 0 Å². The van der Waals surface area contributed by atoms with E-state index in [1.807, 2.05) is 24.3 Å². The molecular weight excluding hydrogens is 268 g/mol. The predicted molar refractivity (Wildman–Crippen MR) is 84.6 cm³/mol. The van der Waals surface area contributed by atoms with Gasteiger partial charge in [-0.2, -0.15) is 0 Å². The van der Waals surface area contributed by atoms with E-state index in [1.165, 1.54) is 0 Å². The molecule has 5 nitrogen and oxygen atoms in total. The Kier molecular flexibility index (Phi) is 8.47. The number of methoxy groups -OCH3 is 1. The summed E-state index contributed by atoms with van der Waals surface area (Å²) >= 11 is 0. The average molecular weight is 294 g/mol. The Morgan fingerprint density at radius 2 is 2.00 bits per heavy atom. The van der Waals surface area contributed by atoms with Crippen molar-refractivity contribution in [2.45, 2.75) is 26.2 Å². The van der Waals surface area contributed by atoms with Gasteiger partial charge in [-0.05, 0) is 49.6 Å². The van der Waals surface area contributed by atoms with Crippen LogP contribution in [0, 0.1) is 5.92 Å². The molecule has 1 atom stereocenters. The molecule has 21 heavy (non-hydrogen) atoms. The van der Waals surface area contributed by atoms with Gasteiger partial charge < -0.3 is 20.5 Å². The molecule has 0 aliphatic carbocycles. The largest absolute Gasteiger partial charge is 0.497 e. The van der Waals surface area contributed by atoms with Crippen molar-refractivity contribution in [2.75, 3.05) is 32.1 Å². The van der Waals surface area contributed by atoms with E-state index in [0.717, 1.165) is 37.2 Å². The molecule has 0 aromatic heterocycles. The molecule has 1 aromatic carbocycles. The number of nitrogens with one attached hydrogen (secondary N) is 2. The van der Waals surface area contributed by atoms with Gasteiger partial charge in [0.25, 0.3) is 0 Å². The average Bonchev–Trinajstić information content (AvgIpc) is 2.48. The smallest absolute Gasteiger partial charge is 0.238 e. The molecule has 1 unspecified atom stereocenters. The second kappa shape index (κ2) is 10.2. The number of rotatable bonds is 10. The summed E-state index contributed by atoms with van der Waals surface area (Å²) in [5.41, 5.74) is 0.753. The minimum atomic E-state index is -0.0700. The van der Waals surface area contributed by atoms with Crippen LogP contribution in [0.4, 0.5) is 5.69 Å². The number of amides is 1. The summed E-state index contributed by atoms with van der Waals surface area (Å²) in [7, 11) is 1.61. The Bertz CT molecular complexity index is 400. The Morgan fingerprint density at radius 3 is 2.57 bits per heavy atom. The van der Waals surface area contributed by atoms with Gasteiger partial charge in [0.15, 0.2) is 0 Å². The molecule has 1 aromatic rings. The van der Waals surface area contributed by atoms with Crippen molar-refractivity contribution < 1.29 is 14.6 Å². The maximum Gasteiger partial charge on any atom is 0.238 e. The second-order valence-corrected chi connectivity index (χ2v) is 5.07. The van der Waals surface area contributed by atoms with E-state index >= 15 is 0 Å². The monoisotopic (exact) mass is 294 g/mol. The summed E-state index contributed by atoms with van der Waals surface area (Å²) in [5.74, 6) is 1.12. The van der Waals surface area contributed by atoms with E-state index in [4.69, 9.17) is 9.84 Å². The molecule has 0 fully saturated rings. The Morgan fingerprint density at radius 1 is 1.29 bits per heavy atom. The maximum atomic E-state index is 11.8. The molecule has 0 saturated carbocycles. The molecule has 0 aliphatic heterocycles. The number of benzene rings is 1. The topological polar surface area (TPSA) is 70.6 Å². The van der Waals surface area contributed by atoms with Crippen LogP contribution in [0.15, 0.2) is 24.3 Å². The third-order valence-electron chi connectivity index (χ3n) is 3.33. The Labute approximate surface area is 126 Å². The van der Waals surface area contributed by atoms with E-state index in [-0.39, 0.29) is 19.1 Å². The van der Waals surface area contributed by atoms with Gasteiger partial charge in [0, 0.05) is 12.3 Å². The summed E-state index contributed by atoms with van der Waals surface area (Å²) < 4.78 is 5.07. The zero-order chi connectivity index (χ0) is 15.5. The van der Waals surface area contributed by atoms with E-state index in [0.29, 0.717) is 5.92 Å². The van der Waals surface area contributed by atoms with E-state index in [1.54, 1.807) is 7.11 Å². The molecule has 0 saturated heterocycles. The summed E-state index contributed by atoms with van der Waals surface area (Å²) in [6, 6.07) is 7.23. The first kappa shape index (κ1) is 17.5. The van der Waals surface area contributed by atoms with Crippen molar-refractivity contribution in [2.24, 2.45) is 5.92 Å². The van der Waals surface area contributed by atoms with Crippen LogP contribution >= 0.6 is 0 Å². The van der Waals surface area contributed by atoms with Crippen LogP contribution in [0.5, 0.6) is 5.75 Å². The highest BCUT2D eigenvalue weighted by molar-refractivity contribution is 5.92. The van der Waals surface area contributed by atoms with E-state index < -0.39 is 0 Å². The first-order valence-electron chi connectivity index (χ1n) is 7.45. The van der Waals surface area contributed by atoms with E-state index in [2.05, 4.69) is 17.6 Å². The molecule has 0 bridgehead atoms. The molecular formula is C16H26N2O3. The van der Waals surface area contributed by atoms with Gasteiger partial charge >= 0.3 is 0 Å². The quantitative estimate of drug-likeness (QED) is 0.617. The predicted octanol–water partition coefficient (Wildman–Crippen LogP) is 2.02. The van der Waals surface area contributed by atoms with Crippen molar-refractivity contribution in [1.82, 2.24) is 5.32 Å². The fourth-order valence-corrected chi connectivity index (χ4v) is 2.21. The third kappa shape index (κ3) is 7.11. The van der Waals surface area contributed by atoms with Gasteiger partial charge in [-0.1, -0.05) is 13.3 Å². The molecule has 5 heteroatoms. The van der Waals surface area contributed by atoms with Gasteiger partial charge in [0.1, 0.15) is 5.75 Å². The highest BCUT2D eigenvalue weighted by atomic mass is 16.5. The molecule has 0 aliphatic rings. The molecule has 0 radical (unpaired) electrons. The lowest BCUT2D eigenvalue weighted by atomic mass is 10.0. The SMILES string of the molecule is CCCC(CCO)CNCC(=O)Nc1ccc(OC)cc1. The lowest BCUT2D eigenvalue weighted by molar-refractivity contribution is -0.115. The maximum absolute atomic E-state index is 11.8. The summed E-state index contributed by atoms with van der Waals surface area (Å²) in [4.78, 5) is 11.8. The molecule has 1 amide bonds. The van der Waals surface area contributed by atoms with Gasteiger partial charge in [-0.3, -0.25) is 4.79 Å². The van der Waals surface area contributed by atoms with Crippen molar-refractivity contribution >= 4 is 11.6 Å². The summed E-state index contributed by atoms with van der Waals surface area (Å²) in [6.45, 7) is 3.35. The van der Waals surface area contributed by atoms with Gasteiger partial charge in [-0.25, -0.2) is 0 Å². The number of carbonyl (C=O) groups is 1. The third-order valence-corrected chi connectivity index (χ3v) is 3.33. The summed E-state index contributed by atoms with van der Waals surface area (Å²) in [6.07, 6.45) is 2.93. The number of hydrogen-bond acceptors (Lipinski definition) is 4. The van der Waals surface area contributed by atoms with Gasteiger partial charge in [-0.15, -0.1) is 0 Å². The fraction of sp³-hybridized carbons (Fsp3) is 0.562. The van der Waals surface area contributed by atoms with Crippen LogP contribution in [0.1, 0.15) is 26.2 Å².